The van der Waals surface area contributed by atoms with Crippen LogP contribution in [0.4, 0.5) is 11.5 Å². The van der Waals surface area contributed by atoms with Gasteiger partial charge in [0.05, 0.1) is 18.7 Å². The first-order valence-corrected chi connectivity index (χ1v) is 10.6. The van der Waals surface area contributed by atoms with Crippen molar-refractivity contribution in [2.45, 2.75) is 39.8 Å². The summed E-state index contributed by atoms with van der Waals surface area (Å²) in [5.74, 6) is 0.496. The predicted octanol–water partition coefficient (Wildman–Crippen LogP) is 4.48. The van der Waals surface area contributed by atoms with Crippen LogP contribution in [0.5, 0.6) is 0 Å². The number of anilines is 2. The zero-order valence-corrected chi connectivity index (χ0v) is 17.7. The van der Waals surface area contributed by atoms with Crippen molar-refractivity contribution in [2.75, 3.05) is 16.8 Å². The molecule has 1 aliphatic rings. The summed E-state index contributed by atoms with van der Waals surface area (Å²) in [6.45, 7) is 6.99. The van der Waals surface area contributed by atoms with E-state index < -0.39 is 0 Å². The molecule has 148 valence electrons. The predicted molar refractivity (Wildman–Crippen MR) is 118 cm³/mol. The molecule has 1 aromatic carbocycles. The highest BCUT2D eigenvalue weighted by molar-refractivity contribution is 7.09. The number of aromatic nitrogens is 1. The maximum atomic E-state index is 13.0. The van der Waals surface area contributed by atoms with Gasteiger partial charge in [-0.2, -0.15) is 5.26 Å². The minimum Gasteiger partial charge on any atom is -0.359 e. The average Bonchev–Trinajstić information content (AvgIpc) is 3.38. The third kappa shape index (κ3) is 3.54. The fourth-order valence-corrected chi connectivity index (χ4v) is 4.78. The van der Waals surface area contributed by atoms with E-state index in [0.29, 0.717) is 17.9 Å². The number of fused-ring (bicyclic) bond motifs is 1. The van der Waals surface area contributed by atoms with Gasteiger partial charge in [0.15, 0.2) is 0 Å². The molecule has 0 saturated carbocycles. The van der Waals surface area contributed by atoms with Gasteiger partial charge in [-0.15, -0.1) is 11.3 Å². The molecule has 2 aromatic heterocycles. The highest BCUT2D eigenvalue weighted by atomic mass is 32.1. The van der Waals surface area contributed by atoms with Gasteiger partial charge in [0, 0.05) is 22.3 Å². The van der Waals surface area contributed by atoms with E-state index in [1.807, 2.05) is 42.0 Å². The first kappa shape index (κ1) is 19.3. The monoisotopic (exact) mass is 404 g/mol. The molecule has 1 N–H and O–H groups in total. The lowest BCUT2D eigenvalue weighted by molar-refractivity contribution is -0.115. The molecule has 4 rings (SSSR count). The van der Waals surface area contributed by atoms with Crippen LogP contribution in [0, 0.1) is 25.2 Å². The Hall–Kier alpha value is -3.04. The number of hydrogen-bond donors (Lipinski definition) is 1. The fraction of sp³-hybridized carbons (Fsp3) is 0.304. The molecule has 3 heterocycles. The van der Waals surface area contributed by atoms with Gasteiger partial charge >= 0.3 is 0 Å². The van der Waals surface area contributed by atoms with Crippen molar-refractivity contribution in [3.8, 4) is 6.07 Å². The highest BCUT2D eigenvalue weighted by Gasteiger charge is 2.28. The highest BCUT2D eigenvalue weighted by Crippen LogP contribution is 2.32. The molecule has 0 aliphatic carbocycles. The molecule has 0 unspecified atom stereocenters. The Morgan fingerprint density at radius 2 is 2.07 bits per heavy atom. The van der Waals surface area contributed by atoms with E-state index in [2.05, 4.69) is 41.4 Å². The molecule has 1 amide bonds. The van der Waals surface area contributed by atoms with Crippen molar-refractivity contribution in [1.29, 1.82) is 5.26 Å². The van der Waals surface area contributed by atoms with E-state index >= 15 is 0 Å². The Morgan fingerprint density at radius 1 is 1.28 bits per heavy atom. The fourth-order valence-electron chi connectivity index (χ4n) is 4.08. The average molecular weight is 405 g/mol. The van der Waals surface area contributed by atoms with Crippen LogP contribution in [0.1, 0.15) is 34.2 Å². The van der Waals surface area contributed by atoms with Crippen molar-refractivity contribution in [1.82, 2.24) is 4.57 Å². The second-order valence-corrected chi connectivity index (χ2v) is 8.60. The Bertz CT molecular complexity index is 1090. The summed E-state index contributed by atoms with van der Waals surface area (Å²) >= 11 is 1.67. The van der Waals surface area contributed by atoms with Crippen LogP contribution >= 0.6 is 11.3 Å². The standard InChI is InChI=1S/C23H24N4OS/c1-15-11-18-7-4-5-9-21(18)26(15)14-22(28)25-23-20(12-24)16(2)17(3)27(23)13-19-8-6-10-29-19/h4-10,15H,11,13-14H2,1-3H3,(H,25,28)/t15-/m1/s1. The first-order chi connectivity index (χ1) is 14.0. The molecule has 0 spiro atoms. The van der Waals surface area contributed by atoms with E-state index in [9.17, 15) is 10.1 Å². The van der Waals surface area contributed by atoms with E-state index in [0.717, 1.165) is 23.4 Å². The Kier molecular flexibility index (Phi) is 5.16. The summed E-state index contributed by atoms with van der Waals surface area (Å²) in [5, 5.41) is 14.8. The van der Waals surface area contributed by atoms with E-state index in [-0.39, 0.29) is 18.5 Å². The van der Waals surface area contributed by atoms with Crippen LogP contribution in [0.3, 0.4) is 0 Å². The Morgan fingerprint density at radius 3 is 2.79 bits per heavy atom. The van der Waals surface area contributed by atoms with Gasteiger partial charge in [0.25, 0.3) is 0 Å². The second-order valence-electron chi connectivity index (χ2n) is 7.57. The Balaban J connectivity index is 1.60. The molecule has 0 fully saturated rings. The molecule has 1 aliphatic heterocycles. The quantitative estimate of drug-likeness (QED) is 0.682. The molecule has 3 aromatic rings. The maximum Gasteiger partial charge on any atom is 0.245 e. The van der Waals surface area contributed by atoms with E-state index in [1.54, 1.807) is 11.3 Å². The van der Waals surface area contributed by atoms with Crippen molar-refractivity contribution in [3.63, 3.8) is 0 Å². The smallest absolute Gasteiger partial charge is 0.245 e. The van der Waals surface area contributed by atoms with Crippen molar-refractivity contribution < 1.29 is 4.79 Å². The number of benzene rings is 1. The number of para-hydroxylation sites is 1. The van der Waals surface area contributed by atoms with Gasteiger partial charge < -0.3 is 14.8 Å². The lowest BCUT2D eigenvalue weighted by atomic mass is 10.1. The zero-order chi connectivity index (χ0) is 20.5. The molecule has 0 saturated heterocycles. The number of thiophene rings is 1. The summed E-state index contributed by atoms with van der Waals surface area (Å²) in [5.41, 5.74) is 4.86. The molecular formula is C23H24N4OS. The SMILES string of the molecule is Cc1c(C#N)c(NC(=O)CN2c3ccccc3C[C@H]2C)n(Cc2cccs2)c1C. The molecule has 0 bridgehead atoms. The number of carbonyl (C=O) groups is 1. The Labute approximate surface area is 175 Å². The van der Waals surface area contributed by atoms with E-state index in [1.165, 1.54) is 10.4 Å². The second kappa shape index (κ2) is 7.76. The van der Waals surface area contributed by atoms with Gasteiger partial charge in [-0.05, 0) is 55.8 Å². The van der Waals surface area contributed by atoms with Crippen LogP contribution in [0.15, 0.2) is 41.8 Å². The number of nitrogens with one attached hydrogen (secondary N) is 1. The third-order valence-electron chi connectivity index (χ3n) is 5.76. The van der Waals surface area contributed by atoms with Crippen LogP contribution in [0.25, 0.3) is 0 Å². The van der Waals surface area contributed by atoms with Gasteiger partial charge in [-0.1, -0.05) is 24.3 Å². The van der Waals surface area contributed by atoms with E-state index in [4.69, 9.17) is 0 Å². The summed E-state index contributed by atoms with van der Waals surface area (Å²) in [6.07, 6.45) is 0.944. The number of rotatable bonds is 5. The summed E-state index contributed by atoms with van der Waals surface area (Å²) in [4.78, 5) is 16.3. The van der Waals surface area contributed by atoms with Crippen molar-refractivity contribution in [3.05, 3.63) is 69.0 Å². The van der Waals surface area contributed by atoms with Gasteiger partial charge in [-0.3, -0.25) is 4.79 Å². The maximum absolute atomic E-state index is 13.0. The van der Waals surface area contributed by atoms with Gasteiger partial charge in [-0.25, -0.2) is 0 Å². The molecular weight excluding hydrogens is 380 g/mol. The number of amides is 1. The van der Waals surface area contributed by atoms with Gasteiger partial charge in [0.2, 0.25) is 5.91 Å². The molecule has 1 atom stereocenters. The van der Waals surface area contributed by atoms with Crippen LogP contribution in [-0.2, 0) is 17.8 Å². The van der Waals surface area contributed by atoms with Crippen molar-refractivity contribution >= 4 is 28.7 Å². The summed E-state index contributed by atoms with van der Waals surface area (Å²) in [6, 6.07) is 14.9. The number of nitriles is 1. The molecule has 29 heavy (non-hydrogen) atoms. The van der Waals surface area contributed by atoms with Crippen LogP contribution < -0.4 is 10.2 Å². The van der Waals surface area contributed by atoms with Crippen LogP contribution in [0.2, 0.25) is 0 Å². The molecule has 6 heteroatoms. The largest absolute Gasteiger partial charge is 0.359 e. The topological polar surface area (TPSA) is 61.1 Å². The molecule has 5 nitrogen and oxygen atoms in total. The number of nitrogens with zero attached hydrogens (tertiary/aromatic N) is 3. The zero-order valence-electron chi connectivity index (χ0n) is 16.9. The lowest BCUT2D eigenvalue weighted by Gasteiger charge is -2.24. The van der Waals surface area contributed by atoms with Crippen LogP contribution in [-0.4, -0.2) is 23.1 Å². The summed E-state index contributed by atoms with van der Waals surface area (Å²) < 4.78 is 2.04. The molecule has 0 radical (unpaired) electrons. The van der Waals surface area contributed by atoms with Gasteiger partial charge in [0.1, 0.15) is 11.9 Å². The lowest BCUT2D eigenvalue weighted by Crippen LogP contribution is -2.37. The van der Waals surface area contributed by atoms with Crippen molar-refractivity contribution in [2.24, 2.45) is 0 Å². The minimum atomic E-state index is -0.102. The summed E-state index contributed by atoms with van der Waals surface area (Å²) in [7, 11) is 0. The first-order valence-electron chi connectivity index (χ1n) is 9.76. The number of hydrogen-bond acceptors (Lipinski definition) is 4. The minimum absolute atomic E-state index is 0.102. The third-order valence-corrected chi connectivity index (χ3v) is 6.62. The normalized spacial score (nSPS) is 15.2. The number of carbonyl (C=O) groups excluding carboxylic acids is 1.